The maximum Gasteiger partial charge on any atom is 0.124 e. The van der Waals surface area contributed by atoms with Crippen LogP contribution in [0, 0.1) is 5.82 Å². The van der Waals surface area contributed by atoms with Gasteiger partial charge in [0.25, 0.3) is 0 Å². The van der Waals surface area contributed by atoms with E-state index >= 15 is 0 Å². The monoisotopic (exact) mass is 207 g/mol. The lowest BCUT2D eigenvalue weighted by molar-refractivity contribution is 0.630. The van der Waals surface area contributed by atoms with Gasteiger partial charge in [0.2, 0.25) is 0 Å². The van der Waals surface area contributed by atoms with Gasteiger partial charge in [0.15, 0.2) is 0 Å². The van der Waals surface area contributed by atoms with Crippen LogP contribution >= 0.6 is 0 Å². The van der Waals surface area contributed by atoms with Crippen molar-refractivity contribution >= 4 is 10.9 Å². The van der Waals surface area contributed by atoms with Crippen molar-refractivity contribution in [3.05, 3.63) is 30.2 Å². The second-order valence-electron chi connectivity index (χ2n) is 3.56. The van der Waals surface area contributed by atoms with Crippen LogP contribution in [-0.2, 0) is 0 Å². The van der Waals surface area contributed by atoms with E-state index in [1.54, 1.807) is 12.3 Å². The topological polar surface area (TPSA) is 40.7 Å². The fourth-order valence-corrected chi connectivity index (χ4v) is 1.54. The van der Waals surface area contributed by atoms with Gasteiger partial charge in [-0.1, -0.05) is 0 Å². The molecule has 0 aliphatic carbocycles. The highest BCUT2D eigenvalue weighted by molar-refractivity contribution is 5.77. The first kappa shape index (κ1) is 10.1. The van der Waals surface area contributed by atoms with Gasteiger partial charge in [0.05, 0.1) is 11.7 Å². The van der Waals surface area contributed by atoms with Crippen LogP contribution in [0.4, 0.5) is 4.39 Å². The molecule has 1 aromatic carbocycles. The number of halogens is 1. The van der Waals surface area contributed by atoms with E-state index in [2.05, 4.69) is 15.5 Å². The zero-order valence-corrected chi connectivity index (χ0v) is 8.46. The lowest BCUT2D eigenvalue weighted by atomic mass is 10.2. The average molecular weight is 207 g/mol. The molecule has 1 aliphatic rings. The van der Waals surface area contributed by atoms with Gasteiger partial charge in [-0.15, -0.1) is 0 Å². The Labute approximate surface area is 87.7 Å². The van der Waals surface area contributed by atoms with E-state index in [0.717, 1.165) is 10.9 Å². The molecule has 0 amide bonds. The fraction of sp³-hybridized carbons (Fsp3) is 0.364. The lowest BCUT2D eigenvalue weighted by Gasteiger charge is -1.86. The highest BCUT2D eigenvalue weighted by Crippen LogP contribution is 2.10. The molecule has 0 spiro atoms. The summed E-state index contributed by atoms with van der Waals surface area (Å²) in [5.41, 5.74) is 0.862. The second-order valence-corrected chi connectivity index (χ2v) is 3.56. The molecule has 0 bridgehead atoms. The Bertz CT molecular complexity index is 413. The molecule has 2 heterocycles. The van der Waals surface area contributed by atoms with E-state index in [4.69, 9.17) is 0 Å². The van der Waals surface area contributed by atoms with Crippen molar-refractivity contribution in [1.82, 2.24) is 15.5 Å². The molecule has 3 nitrogen and oxygen atoms in total. The molecule has 0 radical (unpaired) electrons. The van der Waals surface area contributed by atoms with Crippen LogP contribution in [0.15, 0.2) is 24.4 Å². The van der Waals surface area contributed by atoms with Crippen LogP contribution < -0.4 is 5.32 Å². The minimum Gasteiger partial charge on any atom is -0.317 e. The molecule has 1 aromatic heterocycles. The van der Waals surface area contributed by atoms with E-state index in [9.17, 15) is 4.39 Å². The van der Waals surface area contributed by atoms with Gasteiger partial charge in [0.1, 0.15) is 5.82 Å². The number of H-pyrrole nitrogens is 1. The zero-order valence-electron chi connectivity index (χ0n) is 8.46. The van der Waals surface area contributed by atoms with Crippen LogP contribution in [0.1, 0.15) is 12.8 Å². The molecule has 3 rings (SSSR count). The molecule has 0 atom stereocenters. The van der Waals surface area contributed by atoms with Gasteiger partial charge in [0, 0.05) is 5.39 Å². The number of nitrogens with one attached hydrogen (secondary N) is 2. The molecule has 2 aromatic rings. The molecule has 2 N–H and O–H groups in total. The summed E-state index contributed by atoms with van der Waals surface area (Å²) in [7, 11) is 0. The van der Waals surface area contributed by atoms with Gasteiger partial charge >= 0.3 is 0 Å². The Kier molecular flexibility index (Phi) is 3.29. The number of aromatic amines is 1. The Morgan fingerprint density at radius 1 is 1.20 bits per heavy atom. The number of rotatable bonds is 0. The van der Waals surface area contributed by atoms with Crippen LogP contribution in [0.5, 0.6) is 0 Å². The number of hydrogen-bond acceptors (Lipinski definition) is 2. The number of aromatic nitrogens is 2. The van der Waals surface area contributed by atoms with Crippen molar-refractivity contribution in [2.75, 3.05) is 13.1 Å². The molecule has 1 saturated heterocycles. The van der Waals surface area contributed by atoms with Crippen LogP contribution in [0.25, 0.3) is 10.9 Å². The fourth-order valence-electron chi connectivity index (χ4n) is 1.54. The van der Waals surface area contributed by atoms with Crippen molar-refractivity contribution in [3.8, 4) is 0 Å². The van der Waals surface area contributed by atoms with Gasteiger partial charge in [-0.2, -0.15) is 5.10 Å². The molecule has 0 saturated carbocycles. The highest BCUT2D eigenvalue weighted by Gasteiger charge is 1.94. The Morgan fingerprint density at radius 2 is 2.00 bits per heavy atom. The summed E-state index contributed by atoms with van der Waals surface area (Å²) in [5, 5.41) is 10.5. The SMILES string of the molecule is C1CCNC1.Fc1ccc2[nH]ncc2c1. The summed E-state index contributed by atoms with van der Waals surface area (Å²) in [5.74, 6) is -0.228. The zero-order chi connectivity index (χ0) is 10.5. The summed E-state index contributed by atoms with van der Waals surface area (Å²) in [6.45, 7) is 2.50. The molecule has 0 unspecified atom stereocenters. The van der Waals surface area contributed by atoms with Crippen molar-refractivity contribution in [2.45, 2.75) is 12.8 Å². The van der Waals surface area contributed by atoms with E-state index in [1.807, 2.05) is 0 Å². The molecule has 4 heteroatoms. The third kappa shape index (κ3) is 2.76. The summed E-state index contributed by atoms with van der Waals surface area (Å²) in [6, 6.07) is 4.51. The van der Waals surface area contributed by atoms with Crippen molar-refractivity contribution in [1.29, 1.82) is 0 Å². The predicted octanol–water partition coefficient (Wildman–Crippen LogP) is 2.07. The third-order valence-electron chi connectivity index (χ3n) is 2.36. The van der Waals surface area contributed by atoms with Crippen molar-refractivity contribution in [3.63, 3.8) is 0 Å². The molecule has 1 fully saturated rings. The number of benzene rings is 1. The normalized spacial score (nSPS) is 15.0. The summed E-state index contributed by atoms with van der Waals surface area (Å²) < 4.78 is 12.5. The number of hydrogen-bond donors (Lipinski definition) is 2. The maximum atomic E-state index is 12.5. The first-order valence-electron chi connectivity index (χ1n) is 5.15. The molecule has 15 heavy (non-hydrogen) atoms. The number of fused-ring (bicyclic) bond motifs is 1. The van der Waals surface area contributed by atoms with E-state index in [0.29, 0.717) is 0 Å². The molecular weight excluding hydrogens is 193 g/mol. The Morgan fingerprint density at radius 3 is 2.67 bits per heavy atom. The second kappa shape index (κ2) is 4.89. The Balaban J connectivity index is 0.000000144. The van der Waals surface area contributed by atoms with Crippen molar-refractivity contribution in [2.24, 2.45) is 0 Å². The van der Waals surface area contributed by atoms with Gasteiger partial charge in [-0.25, -0.2) is 4.39 Å². The standard InChI is InChI=1S/C7H5FN2.C4H9N/c8-6-1-2-7-5(3-6)4-9-10-7;1-2-4-5-3-1/h1-4H,(H,9,10);5H,1-4H2. The van der Waals surface area contributed by atoms with Crippen molar-refractivity contribution < 1.29 is 4.39 Å². The predicted molar refractivity (Wildman–Crippen MR) is 58.2 cm³/mol. The minimum absolute atomic E-state index is 0.228. The van der Waals surface area contributed by atoms with E-state index in [-0.39, 0.29) is 5.82 Å². The molecule has 80 valence electrons. The van der Waals surface area contributed by atoms with E-state index < -0.39 is 0 Å². The summed E-state index contributed by atoms with van der Waals surface area (Å²) in [6.07, 6.45) is 4.37. The van der Waals surface area contributed by atoms with Crippen LogP contribution in [-0.4, -0.2) is 23.3 Å². The first-order chi connectivity index (χ1) is 7.36. The smallest absolute Gasteiger partial charge is 0.124 e. The van der Waals surface area contributed by atoms with Gasteiger partial charge in [-0.3, -0.25) is 5.10 Å². The largest absolute Gasteiger partial charge is 0.317 e. The van der Waals surface area contributed by atoms with E-state index in [1.165, 1.54) is 38.1 Å². The maximum absolute atomic E-state index is 12.5. The summed E-state index contributed by atoms with van der Waals surface area (Å²) >= 11 is 0. The highest BCUT2D eigenvalue weighted by atomic mass is 19.1. The van der Waals surface area contributed by atoms with Crippen LogP contribution in [0.3, 0.4) is 0 Å². The Hall–Kier alpha value is -1.42. The average Bonchev–Trinajstić information content (AvgIpc) is 2.91. The lowest BCUT2D eigenvalue weighted by Crippen LogP contribution is -2.03. The van der Waals surface area contributed by atoms with Crippen LogP contribution in [0.2, 0.25) is 0 Å². The van der Waals surface area contributed by atoms with Gasteiger partial charge < -0.3 is 5.32 Å². The molecule has 1 aliphatic heterocycles. The minimum atomic E-state index is -0.228. The quantitative estimate of drug-likeness (QED) is 0.694. The van der Waals surface area contributed by atoms with Gasteiger partial charge in [-0.05, 0) is 44.1 Å². The first-order valence-corrected chi connectivity index (χ1v) is 5.15. The summed E-state index contributed by atoms with van der Waals surface area (Å²) in [4.78, 5) is 0. The number of nitrogens with zero attached hydrogens (tertiary/aromatic N) is 1. The molecular formula is C11H14FN3. The third-order valence-corrected chi connectivity index (χ3v) is 2.36.